The highest BCUT2D eigenvalue weighted by atomic mass is 15.2. The number of benzene rings is 3. The summed E-state index contributed by atoms with van der Waals surface area (Å²) >= 11 is 0. The van der Waals surface area contributed by atoms with Gasteiger partial charge in [-0.2, -0.15) is 0 Å². The van der Waals surface area contributed by atoms with Crippen molar-refractivity contribution in [3.63, 3.8) is 0 Å². The van der Waals surface area contributed by atoms with Crippen molar-refractivity contribution in [3.05, 3.63) is 106 Å². The molecule has 2 aliphatic carbocycles. The van der Waals surface area contributed by atoms with E-state index in [1.807, 2.05) is 0 Å². The molecule has 0 spiro atoms. The highest BCUT2D eigenvalue weighted by Crippen LogP contribution is 2.43. The van der Waals surface area contributed by atoms with Crippen LogP contribution in [0.1, 0.15) is 62.4 Å². The summed E-state index contributed by atoms with van der Waals surface area (Å²) in [5.41, 5.74) is 12.7. The first-order chi connectivity index (χ1) is 20.6. The molecule has 1 aliphatic heterocycles. The van der Waals surface area contributed by atoms with E-state index in [-0.39, 0.29) is 0 Å². The van der Waals surface area contributed by atoms with Crippen LogP contribution < -0.4 is 5.32 Å². The van der Waals surface area contributed by atoms with E-state index in [1.165, 1.54) is 63.8 Å². The SMILES string of the molecule is CCC(C)CC1NC2=Cc3c(n(-c4nc(-c5ccccc5)c5ccccc5n4)c4cc5c(cc34)CC5)CC=C2C1CC. The van der Waals surface area contributed by atoms with E-state index >= 15 is 0 Å². The number of nitrogens with one attached hydrogen (secondary N) is 1. The Morgan fingerprint density at radius 2 is 1.71 bits per heavy atom. The second-order valence-corrected chi connectivity index (χ2v) is 12.5. The van der Waals surface area contributed by atoms with Crippen LogP contribution in [0, 0.1) is 11.8 Å². The Bertz CT molecular complexity index is 1910. The minimum atomic E-state index is 0.510. The Kier molecular flexibility index (Phi) is 6.06. The summed E-state index contributed by atoms with van der Waals surface area (Å²) in [4.78, 5) is 10.5. The molecule has 4 heteroatoms. The van der Waals surface area contributed by atoms with Gasteiger partial charge in [0.1, 0.15) is 0 Å². The van der Waals surface area contributed by atoms with Gasteiger partial charge in [0, 0.05) is 51.7 Å². The average Bonchev–Trinajstić information content (AvgIpc) is 3.42. The molecule has 3 unspecified atom stereocenters. The predicted molar refractivity (Wildman–Crippen MR) is 174 cm³/mol. The van der Waals surface area contributed by atoms with Gasteiger partial charge in [-0.25, -0.2) is 9.97 Å². The summed E-state index contributed by atoms with van der Waals surface area (Å²) < 4.78 is 2.37. The lowest BCUT2D eigenvalue weighted by atomic mass is 9.86. The van der Waals surface area contributed by atoms with Crippen LogP contribution in [-0.2, 0) is 19.3 Å². The molecule has 1 fully saturated rings. The number of hydrogen-bond donors (Lipinski definition) is 1. The number of aryl methyl sites for hydroxylation is 2. The van der Waals surface area contributed by atoms with Gasteiger partial charge in [-0.1, -0.05) is 81.8 Å². The largest absolute Gasteiger partial charge is 0.381 e. The van der Waals surface area contributed by atoms with E-state index in [2.05, 4.69) is 110 Å². The lowest BCUT2D eigenvalue weighted by Gasteiger charge is -2.21. The number of fused-ring (bicyclic) bond motifs is 6. The Morgan fingerprint density at radius 1 is 0.929 bits per heavy atom. The molecule has 0 saturated carbocycles. The fourth-order valence-electron chi connectivity index (χ4n) is 7.49. The molecule has 3 atom stereocenters. The number of aromatic nitrogens is 3. The van der Waals surface area contributed by atoms with Crippen molar-refractivity contribution in [2.75, 3.05) is 0 Å². The lowest BCUT2D eigenvalue weighted by Crippen LogP contribution is -2.28. The van der Waals surface area contributed by atoms with Crippen LogP contribution in [-0.4, -0.2) is 20.6 Å². The van der Waals surface area contributed by atoms with Crippen molar-refractivity contribution in [3.8, 4) is 17.2 Å². The van der Waals surface area contributed by atoms with E-state index in [9.17, 15) is 0 Å². The van der Waals surface area contributed by atoms with Gasteiger partial charge in [-0.15, -0.1) is 0 Å². The van der Waals surface area contributed by atoms with Gasteiger partial charge in [0.25, 0.3) is 0 Å². The topological polar surface area (TPSA) is 42.7 Å². The third-order valence-electron chi connectivity index (χ3n) is 10.1. The third kappa shape index (κ3) is 3.95. The summed E-state index contributed by atoms with van der Waals surface area (Å²) in [6.45, 7) is 7.05. The number of allylic oxidation sites excluding steroid dienone is 2. The minimum Gasteiger partial charge on any atom is -0.381 e. The molecule has 42 heavy (non-hydrogen) atoms. The van der Waals surface area contributed by atoms with E-state index in [0.717, 1.165) is 53.3 Å². The van der Waals surface area contributed by atoms with Crippen LogP contribution in [0.4, 0.5) is 0 Å². The Balaban J connectivity index is 1.35. The van der Waals surface area contributed by atoms with E-state index in [4.69, 9.17) is 9.97 Å². The standard InChI is InChI=1S/C38H38N4/c1-4-23(3)19-33-27(5-2)28-17-18-35-31(22-34(28)39-33)30-20-25-15-16-26(25)21-36(30)42(35)38-40-32-14-10-9-13-29(32)37(41-38)24-11-7-6-8-12-24/h6-14,17,20-23,27,33,39H,4-5,15-16,18-19H2,1-3H3. The summed E-state index contributed by atoms with van der Waals surface area (Å²) in [7, 11) is 0. The maximum Gasteiger partial charge on any atom is 0.235 e. The van der Waals surface area contributed by atoms with E-state index in [0.29, 0.717) is 12.0 Å². The molecule has 1 saturated heterocycles. The Labute approximate surface area is 248 Å². The van der Waals surface area contributed by atoms with Crippen molar-refractivity contribution < 1.29 is 0 Å². The smallest absolute Gasteiger partial charge is 0.235 e. The van der Waals surface area contributed by atoms with E-state index < -0.39 is 0 Å². The van der Waals surface area contributed by atoms with Crippen molar-refractivity contribution in [1.82, 2.24) is 19.9 Å². The quantitative estimate of drug-likeness (QED) is 0.230. The summed E-state index contributed by atoms with van der Waals surface area (Å²) in [6.07, 6.45) is 11.8. The molecule has 8 rings (SSSR count). The highest BCUT2D eigenvalue weighted by Gasteiger charge is 2.36. The van der Waals surface area contributed by atoms with Gasteiger partial charge >= 0.3 is 0 Å². The van der Waals surface area contributed by atoms with Crippen molar-refractivity contribution in [2.24, 2.45) is 11.8 Å². The van der Waals surface area contributed by atoms with Gasteiger partial charge in [0.2, 0.25) is 5.95 Å². The van der Waals surface area contributed by atoms with E-state index in [1.54, 1.807) is 0 Å². The molecule has 0 amide bonds. The van der Waals surface area contributed by atoms with Gasteiger partial charge in [-0.05, 0) is 72.6 Å². The van der Waals surface area contributed by atoms with Gasteiger partial charge in [0.15, 0.2) is 0 Å². The predicted octanol–water partition coefficient (Wildman–Crippen LogP) is 8.60. The highest BCUT2D eigenvalue weighted by molar-refractivity contribution is 5.96. The first-order valence-corrected chi connectivity index (χ1v) is 15.8. The first-order valence-electron chi connectivity index (χ1n) is 15.8. The number of para-hydroxylation sites is 1. The van der Waals surface area contributed by atoms with Crippen LogP contribution in [0.5, 0.6) is 0 Å². The lowest BCUT2D eigenvalue weighted by molar-refractivity contribution is 0.370. The zero-order valence-corrected chi connectivity index (χ0v) is 24.8. The molecular weight excluding hydrogens is 512 g/mol. The summed E-state index contributed by atoms with van der Waals surface area (Å²) in [5.74, 6) is 2.04. The van der Waals surface area contributed by atoms with Crippen LogP contribution in [0.3, 0.4) is 0 Å². The zero-order chi connectivity index (χ0) is 28.4. The second kappa shape index (κ2) is 9.97. The fraction of sp³-hybridized carbons (Fsp3) is 0.316. The number of nitrogens with zero attached hydrogens (tertiary/aromatic N) is 3. The molecule has 0 bridgehead atoms. The van der Waals surface area contributed by atoms with Crippen molar-refractivity contribution in [2.45, 2.75) is 65.3 Å². The molecule has 4 nitrogen and oxygen atoms in total. The molecule has 2 aromatic heterocycles. The van der Waals surface area contributed by atoms with Crippen LogP contribution in [0.15, 0.2) is 84.1 Å². The van der Waals surface area contributed by atoms with Crippen molar-refractivity contribution >= 4 is 27.9 Å². The zero-order valence-electron chi connectivity index (χ0n) is 24.8. The Hall–Kier alpha value is -4.18. The van der Waals surface area contributed by atoms with Crippen LogP contribution in [0.2, 0.25) is 0 Å². The monoisotopic (exact) mass is 550 g/mol. The third-order valence-corrected chi connectivity index (χ3v) is 10.1. The molecular formula is C38H38N4. The maximum atomic E-state index is 5.32. The minimum absolute atomic E-state index is 0.510. The molecule has 0 radical (unpaired) electrons. The summed E-state index contributed by atoms with van der Waals surface area (Å²) in [6, 6.07) is 24.3. The Morgan fingerprint density at radius 3 is 2.50 bits per heavy atom. The van der Waals surface area contributed by atoms with Crippen LogP contribution >= 0.6 is 0 Å². The van der Waals surface area contributed by atoms with Gasteiger partial charge in [0.05, 0.1) is 16.7 Å². The molecule has 3 aromatic carbocycles. The average molecular weight is 551 g/mol. The normalized spacial score (nSPS) is 19.7. The molecule has 5 aromatic rings. The maximum absolute atomic E-state index is 5.32. The number of hydrogen-bond acceptors (Lipinski definition) is 3. The first kappa shape index (κ1) is 25.5. The summed E-state index contributed by atoms with van der Waals surface area (Å²) in [5, 5.41) is 6.41. The second-order valence-electron chi connectivity index (χ2n) is 12.5. The van der Waals surface area contributed by atoms with Gasteiger partial charge < -0.3 is 5.32 Å². The van der Waals surface area contributed by atoms with Crippen LogP contribution in [0.25, 0.3) is 45.1 Å². The molecule has 3 aliphatic rings. The van der Waals surface area contributed by atoms with Gasteiger partial charge in [-0.3, -0.25) is 4.57 Å². The van der Waals surface area contributed by atoms with Crippen molar-refractivity contribution in [1.29, 1.82) is 0 Å². The molecule has 1 N–H and O–H groups in total. The fourth-order valence-corrected chi connectivity index (χ4v) is 7.49. The molecule has 210 valence electrons. The molecule has 3 heterocycles. The number of rotatable bonds is 6.